The van der Waals surface area contributed by atoms with Crippen molar-refractivity contribution in [2.24, 2.45) is 0 Å². The Morgan fingerprint density at radius 2 is 1.88 bits per heavy atom. The summed E-state index contributed by atoms with van der Waals surface area (Å²) in [7, 11) is 3.38. The van der Waals surface area contributed by atoms with Crippen LogP contribution < -0.4 is 4.90 Å². The molecule has 4 nitrogen and oxygen atoms in total. The van der Waals surface area contributed by atoms with Crippen LogP contribution in [-0.2, 0) is 15.4 Å². The smallest absolute Gasteiger partial charge is 0.128 e. The first-order valence-corrected chi connectivity index (χ1v) is 6.09. The zero-order valence-corrected chi connectivity index (χ0v) is 11.1. The number of pyridine rings is 1. The summed E-state index contributed by atoms with van der Waals surface area (Å²) < 4.78 is 10.2. The van der Waals surface area contributed by atoms with Gasteiger partial charge in [-0.25, -0.2) is 4.98 Å². The zero-order chi connectivity index (χ0) is 12.5. The first kappa shape index (κ1) is 14.2. The largest absolute Gasteiger partial charge is 0.383 e. The summed E-state index contributed by atoms with van der Waals surface area (Å²) in [6, 6.07) is 3.92. The lowest BCUT2D eigenvalue weighted by Gasteiger charge is -2.23. The lowest BCUT2D eigenvalue weighted by molar-refractivity contribution is 0.190. The van der Waals surface area contributed by atoms with Gasteiger partial charge in [-0.3, -0.25) is 0 Å². The van der Waals surface area contributed by atoms with Gasteiger partial charge in [0, 0.05) is 39.4 Å². The molecule has 0 aliphatic heterocycles. The number of rotatable bonds is 8. The second-order valence-corrected chi connectivity index (χ2v) is 3.90. The highest BCUT2D eigenvalue weighted by molar-refractivity contribution is 6.17. The molecule has 0 amide bonds. The van der Waals surface area contributed by atoms with Crippen molar-refractivity contribution < 1.29 is 9.47 Å². The fourth-order valence-electron chi connectivity index (χ4n) is 1.46. The summed E-state index contributed by atoms with van der Waals surface area (Å²) >= 11 is 5.82. The van der Waals surface area contributed by atoms with Crippen molar-refractivity contribution in [3.8, 4) is 0 Å². The number of aromatic nitrogens is 1. The second-order valence-electron chi connectivity index (χ2n) is 3.63. The lowest BCUT2D eigenvalue weighted by atomic mass is 10.3. The molecule has 0 aromatic carbocycles. The predicted octanol–water partition coefficient (Wildman–Crippen LogP) is 1.92. The highest BCUT2D eigenvalue weighted by Crippen LogP contribution is 2.13. The Bertz CT molecular complexity index is 315. The first-order valence-electron chi connectivity index (χ1n) is 5.55. The molecule has 0 aliphatic carbocycles. The maximum absolute atomic E-state index is 5.82. The molecule has 0 atom stereocenters. The van der Waals surface area contributed by atoms with Gasteiger partial charge in [-0.15, -0.1) is 11.6 Å². The number of ether oxygens (including phenoxy) is 2. The van der Waals surface area contributed by atoms with Gasteiger partial charge >= 0.3 is 0 Å². The number of nitrogens with zero attached hydrogens (tertiary/aromatic N) is 2. The molecular formula is C12H19ClN2O2. The molecular weight excluding hydrogens is 240 g/mol. The average Bonchev–Trinajstić information content (AvgIpc) is 2.39. The van der Waals surface area contributed by atoms with Crippen LogP contribution in [-0.4, -0.2) is 45.5 Å². The summed E-state index contributed by atoms with van der Waals surface area (Å²) in [6.45, 7) is 2.91. The van der Waals surface area contributed by atoms with Crippen LogP contribution >= 0.6 is 11.6 Å². The summed E-state index contributed by atoms with van der Waals surface area (Å²) in [5.41, 5.74) is 1.07. The first-order chi connectivity index (χ1) is 8.31. The molecule has 0 saturated carbocycles. The molecule has 1 aromatic rings. The van der Waals surface area contributed by atoms with E-state index in [0.29, 0.717) is 19.1 Å². The van der Waals surface area contributed by atoms with Crippen LogP contribution in [0.1, 0.15) is 5.56 Å². The van der Waals surface area contributed by atoms with Crippen molar-refractivity contribution in [1.29, 1.82) is 0 Å². The molecule has 0 fully saturated rings. The van der Waals surface area contributed by atoms with E-state index in [1.165, 1.54) is 0 Å². The molecule has 0 N–H and O–H groups in total. The Balaban J connectivity index is 2.71. The Hall–Kier alpha value is -0.840. The third-order valence-electron chi connectivity index (χ3n) is 2.42. The van der Waals surface area contributed by atoms with Gasteiger partial charge < -0.3 is 14.4 Å². The molecule has 0 radical (unpaired) electrons. The van der Waals surface area contributed by atoms with E-state index in [9.17, 15) is 0 Å². The van der Waals surface area contributed by atoms with Crippen molar-refractivity contribution in [1.82, 2.24) is 4.98 Å². The van der Waals surface area contributed by atoms with Gasteiger partial charge in [0.2, 0.25) is 0 Å². The number of alkyl halides is 1. The van der Waals surface area contributed by atoms with Gasteiger partial charge in [0.15, 0.2) is 0 Å². The van der Waals surface area contributed by atoms with Crippen LogP contribution in [0.4, 0.5) is 5.82 Å². The number of hydrogen-bond acceptors (Lipinski definition) is 4. The molecule has 96 valence electrons. The SMILES string of the molecule is COCCN(CCOC)c1cc(CCl)ccn1. The van der Waals surface area contributed by atoms with Crippen LogP contribution in [0.15, 0.2) is 18.3 Å². The third kappa shape index (κ3) is 4.89. The summed E-state index contributed by atoms with van der Waals surface area (Å²) in [6.07, 6.45) is 1.78. The normalized spacial score (nSPS) is 10.5. The summed E-state index contributed by atoms with van der Waals surface area (Å²) in [4.78, 5) is 6.48. The Morgan fingerprint density at radius 3 is 2.41 bits per heavy atom. The number of halogens is 1. The number of anilines is 1. The average molecular weight is 259 g/mol. The molecule has 1 rings (SSSR count). The fraction of sp³-hybridized carbons (Fsp3) is 0.583. The number of hydrogen-bond donors (Lipinski definition) is 0. The Labute approximate surface area is 107 Å². The van der Waals surface area contributed by atoms with Crippen molar-refractivity contribution in [3.63, 3.8) is 0 Å². The maximum Gasteiger partial charge on any atom is 0.128 e. The molecule has 0 unspecified atom stereocenters. The van der Waals surface area contributed by atoms with Crippen LogP contribution in [0.25, 0.3) is 0 Å². The van der Waals surface area contributed by atoms with Crippen molar-refractivity contribution >= 4 is 17.4 Å². The third-order valence-corrected chi connectivity index (χ3v) is 2.73. The molecule has 1 heterocycles. The molecule has 0 spiro atoms. The van der Waals surface area contributed by atoms with Gasteiger partial charge in [-0.05, 0) is 17.7 Å². The van der Waals surface area contributed by atoms with E-state index >= 15 is 0 Å². The highest BCUT2D eigenvalue weighted by Gasteiger charge is 2.07. The molecule has 0 bridgehead atoms. The second kappa shape index (κ2) is 8.28. The lowest BCUT2D eigenvalue weighted by Crippen LogP contribution is -2.31. The standard InChI is InChI=1S/C12H19ClN2O2/c1-16-7-5-15(6-8-17-2)12-9-11(10-13)3-4-14-12/h3-4,9H,5-8,10H2,1-2H3. The van der Waals surface area contributed by atoms with Gasteiger partial charge in [0.05, 0.1) is 13.2 Å². The van der Waals surface area contributed by atoms with Gasteiger partial charge in [-0.1, -0.05) is 0 Å². The van der Waals surface area contributed by atoms with E-state index in [0.717, 1.165) is 24.5 Å². The van der Waals surface area contributed by atoms with Crippen LogP contribution in [0.2, 0.25) is 0 Å². The topological polar surface area (TPSA) is 34.6 Å². The van der Waals surface area contributed by atoms with Gasteiger partial charge in [0.1, 0.15) is 5.82 Å². The van der Waals surface area contributed by atoms with Crippen LogP contribution in [0, 0.1) is 0 Å². The van der Waals surface area contributed by atoms with Gasteiger partial charge in [-0.2, -0.15) is 0 Å². The van der Waals surface area contributed by atoms with Crippen molar-refractivity contribution in [2.75, 3.05) is 45.4 Å². The summed E-state index contributed by atoms with van der Waals surface area (Å²) in [5.74, 6) is 1.41. The maximum atomic E-state index is 5.82. The molecule has 1 aromatic heterocycles. The minimum atomic E-state index is 0.498. The van der Waals surface area contributed by atoms with Crippen molar-refractivity contribution in [3.05, 3.63) is 23.9 Å². The molecule has 17 heavy (non-hydrogen) atoms. The predicted molar refractivity (Wildman–Crippen MR) is 69.8 cm³/mol. The molecule has 0 aliphatic rings. The van der Waals surface area contributed by atoms with E-state index < -0.39 is 0 Å². The van der Waals surface area contributed by atoms with E-state index in [1.807, 2.05) is 12.1 Å². The van der Waals surface area contributed by atoms with E-state index in [4.69, 9.17) is 21.1 Å². The minimum Gasteiger partial charge on any atom is -0.383 e. The minimum absolute atomic E-state index is 0.498. The fourth-order valence-corrected chi connectivity index (χ4v) is 1.63. The van der Waals surface area contributed by atoms with Crippen LogP contribution in [0.3, 0.4) is 0 Å². The van der Waals surface area contributed by atoms with Crippen LogP contribution in [0.5, 0.6) is 0 Å². The Morgan fingerprint density at radius 1 is 1.24 bits per heavy atom. The molecule has 0 saturated heterocycles. The quantitative estimate of drug-likeness (QED) is 0.668. The summed E-state index contributed by atoms with van der Waals surface area (Å²) in [5, 5.41) is 0. The van der Waals surface area contributed by atoms with Crippen molar-refractivity contribution in [2.45, 2.75) is 5.88 Å². The molecule has 5 heteroatoms. The number of methoxy groups -OCH3 is 2. The van der Waals surface area contributed by atoms with Gasteiger partial charge in [0.25, 0.3) is 0 Å². The zero-order valence-electron chi connectivity index (χ0n) is 10.4. The monoisotopic (exact) mass is 258 g/mol. The van der Waals surface area contributed by atoms with E-state index in [1.54, 1.807) is 20.4 Å². The van der Waals surface area contributed by atoms with E-state index in [2.05, 4.69) is 9.88 Å². The Kier molecular flexibility index (Phi) is 6.93. The highest BCUT2D eigenvalue weighted by atomic mass is 35.5. The van der Waals surface area contributed by atoms with E-state index in [-0.39, 0.29) is 0 Å².